The highest BCUT2D eigenvalue weighted by molar-refractivity contribution is 7.80. The normalized spacial score (nSPS) is 23.4. The Balaban J connectivity index is 5.66. The predicted molar refractivity (Wildman–Crippen MR) is 48.9 cm³/mol. The molecule has 0 heterocycles. The lowest BCUT2D eigenvalue weighted by atomic mass is 9.85. The highest BCUT2D eigenvalue weighted by Crippen LogP contribution is 2.50. The van der Waals surface area contributed by atoms with Crippen LogP contribution in [0, 0.1) is 0 Å². The van der Waals surface area contributed by atoms with Gasteiger partial charge < -0.3 is 0 Å². The molecule has 0 rings (SSSR count). The first-order valence-corrected chi connectivity index (χ1v) is 5.06. The third-order valence-electron chi connectivity index (χ3n) is 2.37. The molecule has 0 aliphatic rings. The summed E-state index contributed by atoms with van der Waals surface area (Å²) in [5, 5.41) is 0. The summed E-state index contributed by atoms with van der Waals surface area (Å²) >= 11 is 2.71. The van der Waals surface area contributed by atoms with E-state index in [4.69, 9.17) is 0 Å². The van der Waals surface area contributed by atoms with E-state index >= 15 is 0 Å². The van der Waals surface area contributed by atoms with Crippen molar-refractivity contribution in [3.8, 4) is 0 Å². The molecule has 0 bridgehead atoms. The highest BCUT2D eigenvalue weighted by Gasteiger charge is 2.72. The molecule has 0 nitrogen and oxygen atoms in total. The fraction of sp³-hybridized carbons (Fsp3) is 1.00. The smallest absolute Gasteiger partial charge is 0.240 e. The predicted octanol–water partition coefficient (Wildman–Crippen LogP) is 4.50. The van der Waals surface area contributed by atoms with Crippen molar-refractivity contribution < 1.29 is 43.9 Å². The Hall–Kier alpha value is -0.350. The summed E-state index contributed by atoms with van der Waals surface area (Å²) in [6.07, 6.45) is -19.4. The summed E-state index contributed by atoms with van der Waals surface area (Å²) in [6, 6.07) is 0. The molecule has 116 valence electrons. The Bertz CT molecular complexity index is 306. The molecule has 0 aromatic rings. The van der Waals surface area contributed by atoms with Crippen LogP contribution in [0.3, 0.4) is 0 Å². The van der Waals surface area contributed by atoms with Crippen molar-refractivity contribution in [3.63, 3.8) is 0 Å². The van der Waals surface area contributed by atoms with Gasteiger partial charge in [-0.15, -0.1) is 12.6 Å². The van der Waals surface area contributed by atoms with Gasteiger partial charge in [0.2, 0.25) is 11.3 Å². The van der Waals surface area contributed by atoms with Gasteiger partial charge in [-0.2, -0.15) is 26.3 Å². The second-order valence-corrected chi connectivity index (χ2v) is 4.50. The van der Waals surface area contributed by atoms with E-state index in [-0.39, 0.29) is 0 Å². The van der Waals surface area contributed by atoms with Crippen LogP contribution in [0.15, 0.2) is 0 Å². The van der Waals surface area contributed by atoms with Gasteiger partial charge >= 0.3 is 12.4 Å². The van der Waals surface area contributed by atoms with Crippen LogP contribution in [-0.4, -0.2) is 35.4 Å². The average Bonchev–Trinajstić information content (AvgIpc) is 2.11. The lowest BCUT2D eigenvalue weighted by molar-refractivity contribution is -0.307. The van der Waals surface area contributed by atoms with Gasteiger partial charge in [0.15, 0.2) is 6.17 Å². The number of hydrogen-bond acceptors (Lipinski definition) is 1. The van der Waals surface area contributed by atoms with Crippen LogP contribution >= 0.6 is 12.6 Å². The van der Waals surface area contributed by atoms with Crippen molar-refractivity contribution in [2.24, 2.45) is 0 Å². The van der Waals surface area contributed by atoms with E-state index < -0.39 is 48.7 Å². The molecule has 0 spiro atoms. The zero-order chi connectivity index (χ0) is 15.9. The van der Waals surface area contributed by atoms with Crippen LogP contribution < -0.4 is 0 Å². The molecule has 19 heavy (non-hydrogen) atoms. The van der Waals surface area contributed by atoms with E-state index in [2.05, 4.69) is 12.6 Å². The highest BCUT2D eigenvalue weighted by atomic mass is 32.1. The maximum absolute atomic E-state index is 13.4. The summed E-state index contributed by atoms with van der Waals surface area (Å²) in [4.78, 5) is 0. The molecule has 11 heteroatoms. The SMILES string of the molecule is CC(F)(C(F)C(F)(CC(F)S)C(F)(F)F)C(F)(F)F. The lowest BCUT2D eigenvalue weighted by Crippen LogP contribution is -2.61. The van der Waals surface area contributed by atoms with E-state index in [1.165, 1.54) is 0 Å². The van der Waals surface area contributed by atoms with Gasteiger partial charge in [0.1, 0.15) is 5.50 Å². The van der Waals surface area contributed by atoms with E-state index in [0.717, 1.165) is 0 Å². The van der Waals surface area contributed by atoms with Gasteiger partial charge in [-0.3, -0.25) is 0 Å². The molecule has 0 saturated carbocycles. The van der Waals surface area contributed by atoms with E-state index in [1.54, 1.807) is 0 Å². The molecule has 0 fully saturated rings. The van der Waals surface area contributed by atoms with Gasteiger partial charge in [-0.25, -0.2) is 17.6 Å². The van der Waals surface area contributed by atoms with E-state index in [9.17, 15) is 43.9 Å². The van der Waals surface area contributed by atoms with Gasteiger partial charge in [0.05, 0.1) is 0 Å². The molecule has 4 atom stereocenters. The van der Waals surface area contributed by atoms with Crippen LogP contribution in [0.4, 0.5) is 43.9 Å². The third kappa shape index (κ3) is 3.60. The molecular formula is C8H8F10S. The maximum Gasteiger partial charge on any atom is 0.425 e. The van der Waals surface area contributed by atoms with Crippen molar-refractivity contribution in [2.45, 2.75) is 48.7 Å². The van der Waals surface area contributed by atoms with E-state index in [1.807, 2.05) is 0 Å². The molecule has 0 aromatic carbocycles. The summed E-state index contributed by atoms with van der Waals surface area (Å²) in [5.41, 5.74) is -13.4. The topological polar surface area (TPSA) is 0 Å². The quantitative estimate of drug-likeness (QED) is 0.571. The molecule has 4 unspecified atom stereocenters. The van der Waals surface area contributed by atoms with Crippen molar-refractivity contribution in [1.29, 1.82) is 0 Å². The van der Waals surface area contributed by atoms with Crippen LogP contribution in [0.5, 0.6) is 0 Å². The summed E-state index contributed by atoms with van der Waals surface area (Å²) in [6.45, 7) is -0.594. The molecule has 0 radical (unpaired) electrons. The molecule has 0 N–H and O–H groups in total. The van der Waals surface area contributed by atoms with Crippen molar-refractivity contribution in [2.75, 3.05) is 0 Å². The Morgan fingerprint density at radius 1 is 0.842 bits per heavy atom. The van der Waals surface area contributed by atoms with E-state index in [0.29, 0.717) is 0 Å². The van der Waals surface area contributed by atoms with Gasteiger partial charge in [-0.05, 0) is 6.92 Å². The lowest BCUT2D eigenvalue weighted by Gasteiger charge is -2.37. The van der Waals surface area contributed by atoms with Crippen molar-refractivity contribution >= 4 is 12.6 Å². The molecular weight excluding hydrogens is 318 g/mol. The second kappa shape index (κ2) is 5.21. The van der Waals surface area contributed by atoms with Crippen LogP contribution in [0.25, 0.3) is 0 Å². The standard InChI is InChI=1S/C8H8F10S/c1-5(11,7(13,14)15)4(10)6(12,2-3(9)19)8(16,17)18/h3-4,19H,2H2,1H3. The minimum atomic E-state index is -6.24. The van der Waals surface area contributed by atoms with Crippen LogP contribution in [-0.2, 0) is 0 Å². The Kier molecular flexibility index (Phi) is 5.11. The first-order valence-electron chi connectivity index (χ1n) is 4.55. The molecule has 0 saturated heterocycles. The molecule has 0 aliphatic carbocycles. The van der Waals surface area contributed by atoms with Crippen LogP contribution in [0.2, 0.25) is 0 Å². The second-order valence-electron chi connectivity index (χ2n) is 3.93. The van der Waals surface area contributed by atoms with Crippen molar-refractivity contribution in [3.05, 3.63) is 0 Å². The maximum atomic E-state index is 13.4. The minimum absolute atomic E-state index is 0.594. The first-order chi connectivity index (χ1) is 8.07. The Labute approximate surface area is 106 Å². The van der Waals surface area contributed by atoms with Gasteiger partial charge in [0.25, 0.3) is 0 Å². The van der Waals surface area contributed by atoms with Crippen molar-refractivity contribution in [1.82, 2.24) is 0 Å². The average molecular weight is 326 g/mol. The van der Waals surface area contributed by atoms with Gasteiger partial charge in [-0.1, -0.05) is 0 Å². The fourth-order valence-corrected chi connectivity index (χ4v) is 1.45. The number of thiol groups is 1. The zero-order valence-corrected chi connectivity index (χ0v) is 9.98. The Morgan fingerprint density at radius 2 is 1.21 bits per heavy atom. The fourth-order valence-electron chi connectivity index (χ4n) is 1.18. The zero-order valence-electron chi connectivity index (χ0n) is 9.09. The third-order valence-corrected chi connectivity index (χ3v) is 2.55. The molecule has 0 aliphatic heterocycles. The monoisotopic (exact) mass is 326 g/mol. The minimum Gasteiger partial charge on any atom is -0.240 e. The first kappa shape index (κ1) is 18.7. The summed E-state index contributed by atoms with van der Waals surface area (Å²) in [5.74, 6) is 0. The molecule has 0 amide bonds. The largest absolute Gasteiger partial charge is 0.425 e. The number of halogens is 10. The number of hydrogen-bond donors (Lipinski definition) is 1. The summed E-state index contributed by atoms with van der Waals surface area (Å²) in [7, 11) is 0. The van der Waals surface area contributed by atoms with Crippen LogP contribution in [0.1, 0.15) is 13.3 Å². The van der Waals surface area contributed by atoms with Gasteiger partial charge in [0, 0.05) is 6.42 Å². The Morgan fingerprint density at radius 3 is 1.42 bits per heavy atom. The number of rotatable bonds is 4. The summed E-state index contributed by atoms with van der Waals surface area (Å²) < 4.78 is 125. The molecule has 0 aromatic heterocycles. The number of alkyl halides is 10.